The van der Waals surface area contributed by atoms with Crippen molar-refractivity contribution in [3.63, 3.8) is 0 Å². The molecule has 0 bridgehead atoms. The van der Waals surface area contributed by atoms with Crippen LogP contribution >= 0.6 is 23.1 Å². The quantitative estimate of drug-likeness (QED) is 0.718. The monoisotopic (exact) mass is 226 g/mol. The fraction of sp³-hybridized carbons (Fsp3) is 0.545. The Hall–Kier alpha value is -0.280. The van der Waals surface area contributed by atoms with Crippen LogP contribution in [0.5, 0.6) is 0 Å². The fourth-order valence-electron chi connectivity index (χ4n) is 1.84. The highest BCUT2D eigenvalue weighted by molar-refractivity contribution is 8.01. The number of thiophene rings is 1. The lowest BCUT2D eigenvalue weighted by molar-refractivity contribution is 0.0949. The number of ketones is 1. The van der Waals surface area contributed by atoms with Crippen LogP contribution in [-0.4, -0.2) is 16.3 Å². The second-order valence-electron chi connectivity index (χ2n) is 3.98. The van der Waals surface area contributed by atoms with Gasteiger partial charge in [-0.25, -0.2) is 0 Å². The third-order valence-electron chi connectivity index (χ3n) is 2.80. The minimum atomic E-state index is -0.147. The lowest BCUT2D eigenvalue weighted by Crippen LogP contribution is -2.28. The van der Waals surface area contributed by atoms with Crippen LogP contribution in [0.25, 0.3) is 0 Å². The van der Waals surface area contributed by atoms with Crippen LogP contribution in [0.3, 0.4) is 0 Å². The molecule has 0 N–H and O–H groups in total. The van der Waals surface area contributed by atoms with E-state index in [4.69, 9.17) is 0 Å². The largest absolute Gasteiger partial charge is 0.293 e. The smallest absolute Gasteiger partial charge is 0.179 e. The Morgan fingerprint density at radius 2 is 2.29 bits per heavy atom. The van der Waals surface area contributed by atoms with Gasteiger partial charge in [0.15, 0.2) is 5.78 Å². The first-order valence-electron chi connectivity index (χ1n) is 4.85. The van der Waals surface area contributed by atoms with E-state index in [-0.39, 0.29) is 4.75 Å². The minimum Gasteiger partial charge on any atom is -0.293 e. The highest BCUT2D eigenvalue weighted by atomic mass is 32.2. The number of hydrogen-bond acceptors (Lipinski definition) is 3. The molecule has 1 aromatic heterocycles. The molecule has 3 heteroatoms. The van der Waals surface area contributed by atoms with Gasteiger partial charge in [-0.2, -0.15) is 11.3 Å². The van der Waals surface area contributed by atoms with E-state index in [1.807, 2.05) is 24.1 Å². The van der Waals surface area contributed by atoms with Gasteiger partial charge in [0, 0.05) is 10.9 Å². The lowest BCUT2D eigenvalue weighted by Gasteiger charge is -2.20. The number of Topliss-reactive ketones (excluding diaryl/α,β-unsaturated/α-hetero) is 1. The Kier molecular flexibility index (Phi) is 2.71. The van der Waals surface area contributed by atoms with Crippen LogP contribution in [0.1, 0.15) is 35.7 Å². The van der Waals surface area contributed by atoms with Crippen LogP contribution in [0, 0.1) is 6.92 Å². The summed E-state index contributed by atoms with van der Waals surface area (Å²) < 4.78 is -0.147. The van der Waals surface area contributed by atoms with Crippen molar-refractivity contribution in [2.75, 3.05) is 5.75 Å². The number of carbonyl (C=O) groups is 1. The Morgan fingerprint density at radius 1 is 1.50 bits per heavy atom. The maximum Gasteiger partial charge on any atom is 0.179 e. The first kappa shape index (κ1) is 10.2. The van der Waals surface area contributed by atoms with E-state index in [2.05, 4.69) is 12.3 Å². The molecular weight excluding hydrogens is 212 g/mol. The van der Waals surface area contributed by atoms with E-state index in [1.54, 1.807) is 11.3 Å². The van der Waals surface area contributed by atoms with Gasteiger partial charge in [-0.15, -0.1) is 11.8 Å². The Bertz CT molecular complexity index is 348. The molecule has 1 saturated heterocycles. The van der Waals surface area contributed by atoms with Crippen molar-refractivity contribution in [2.45, 2.75) is 31.4 Å². The van der Waals surface area contributed by atoms with Gasteiger partial charge in [0.05, 0.1) is 4.75 Å². The van der Waals surface area contributed by atoms with E-state index < -0.39 is 0 Å². The van der Waals surface area contributed by atoms with Crippen molar-refractivity contribution in [1.82, 2.24) is 0 Å². The molecule has 1 aliphatic rings. The molecule has 0 saturated carbocycles. The normalized spacial score (nSPS) is 26.7. The fourth-order valence-corrected chi connectivity index (χ4v) is 3.93. The first-order chi connectivity index (χ1) is 6.63. The summed E-state index contributed by atoms with van der Waals surface area (Å²) in [6.07, 6.45) is 2.21. The molecule has 2 rings (SSSR count). The van der Waals surface area contributed by atoms with Gasteiger partial charge in [-0.1, -0.05) is 0 Å². The minimum absolute atomic E-state index is 0.147. The summed E-state index contributed by atoms with van der Waals surface area (Å²) in [6, 6.07) is 0. The highest BCUT2D eigenvalue weighted by Crippen LogP contribution is 2.40. The Labute approximate surface area is 92.9 Å². The second kappa shape index (κ2) is 3.70. The standard InChI is InChI=1S/C11H14OS2/c1-8-6-13-7-9(8)10(12)11(2)4-3-5-14-11/h6-7H,3-5H2,1-2H3. The molecule has 1 aromatic rings. The molecule has 2 heterocycles. The van der Waals surface area contributed by atoms with Crippen molar-refractivity contribution in [3.05, 3.63) is 21.9 Å². The molecule has 0 radical (unpaired) electrons. The van der Waals surface area contributed by atoms with Crippen molar-refractivity contribution >= 4 is 28.9 Å². The van der Waals surface area contributed by atoms with E-state index in [1.165, 1.54) is 6.42 Å². The molecule has 14 heavy (non-hydrogen) atoms. The molecule has 1 aliphatic heterocycles. The summed E-state index contributed by atoms with van der Waals surface area (Å²) in [4.78, 5) is 12.2. The van der Waals surface area contributed by atoms with Crippen LogP contribution in [-0.2, 0) is 0 Å². The molecule has 1 nitrogen and oxygen atoms in total. The lowest BCUT2D eigenvalue weighted by atomic mass is 9.94. The van der Waals surface area contributed by atoms with Gasteiger partial charge >= 0.3 is 0 Å². The number of carbonyl (C=O) groups excluding carboxylic acids is 1. The molecule has 76 valence electrons. The Balaban J connectivity index is 2.28. The number of rotatable bonds is 2. The summed E-state index contributed by atoms with van der Waals surface area (Å²) in [5, 5.41) is 4.04. The highest BCUT2D eigenvalue weighted by Gasteiger charge is 2.38. The van der Waals surface area contributed by atoms with Crippen LogP contribution < -0.4 is 0 Å². The van der Waals surface area contributed by atoms with E-state index in [0.717, 1.165) is 23.3 Å². The summed E-state index contributed by atoms with van der Waals surface area (Å²) in [5.74, 6) is 1.46. The van der Waals surface area contributed by atoms with Crippen molar-refractivity contribution in [2.24, 2.45) is 0 Å². The zero-order valence-electron chi connectivity index (χ0n) is 8.50. The van der Waals surface area contributed by atoms with Gasteiger partial charge in [0.1, 0.15) is 0 Å². The summed E-state index contributed by atoms with van der Waals surface area (Å²) in [6.45, 7) is 4.11. The molecular formula is C11H14OS2. The van der Waals surface area contributed by atoms with Gasteiger partial charge in [0.25, 0.3) is 0 Å². The van der Waals surface area contributed by atoms with Crippen LogP contribution in [0.2, 0.25) is 0 Å². The van der Waals surface area contributed by atoms with Crippen molar-refractivity contribution in [1.29, 1.82) is 0 Å². The predicted molar refractivity (Wildman–Crippen MR) is 63.5 cm³/mol. The molecule has 0 amide bonds. The third-order valence-corrected chi connectivity index (χ3v) is 5.18. The molecule has 1 fully saturated rings. The average molecular weight is 226 g/mol. The molecule has 0 aliphatic carbocycles. The van der Waals surface area contributed by atoms with Gasteiger partial charge in [0.2, 0.25) is 0 Å². The molecule has 1 atom stereocenters. The summed E-state index contributed by atoms with van der Waals surface area (Å²) in [5.41, 5.74) is 2.07. The molecule has 1 unspecified atom stereocenters. The number of hydrogen-bond donors (Lipinski definition) is 0. The van der Waals surface area contributed by atoms with Crippen molar-refractivity contribution < 1.29 is 4.79 Å². The zero-order valence-corrected chi connectivity index (χ0v) is 10.1. The predicted octanol–water partition coefficient (Wildman–Crippen LogP) is 3.52. The van der Waals surface area contributed by atoms with Crippen LogP contribution in [0.4, 0.5) is 0 Å². The summed E-state index contributed by atoms with van der Waals surface area (Å²) in [7, 11) is 0. The van der Waals surface area contributed by atoms with Crippen molar-refractivity contribution in [3.8, 4) is 0 Å². The molecule has 0 spiro atoms. The van der Waals surface area contributed by atoms with Gasteiger partial charge in [-0.3, -0.25) is 4.79 Å². The van der Waals surface area contributed by atoms with E-state index >= 15 is 0 Å². The summed E-state index contributed by atoms with van der Waals surface area (Å²) >= 11 is 3.44. The SMILES string of the molecule is Cc1cscc1C(=O)C1(C)CCCS1. The first-order valence-corrected chi connectivity index (χ1v) is 6.78. The third kappa shape index (κ3) is 1.63. The zero-order chi connectivity index (χ0) is 10.2. The molecule has 0 aromatic carbocycles. The Morgan fingerprint density at radius 3 is 2.79 bits per heavy atom. The maximum absolute atomic E-state index is 12.2. The number of aryl methyl sites for hydroxylation is 1. The topological polar surface area (TPSA) is 17.1 Å². The van der Waals surface area contributed by atoms with Gasteiger partial charge < -0.3 is 0 Å². The van der Waals surface area contributed by atoms with Crippen LogP contribution in [0.15, 0.2) is 10.8 Å². The number of thioether (sulfide) groups is 1. The maximum atomic E-state index is 12.2. The second-order valence-corrected chi connectivity index (χ2v) is 6.32. The van der Waals surface area contributed by atoms with Gasteiger partial charge in [-0.05, 0) is 43.4 Å². The van der Waals surface area contributed by atoms with E-state index in [9.17, 15) is 4.79 Å². The van der Waals surface area contributed by atoms with E-state index in [0.29, 0.717) is 5.78 Å². The average Bonchev–Trinajstić information content (AvgIpc) is 2.74.